The Balaban J connectivity index is 1.63. The van der Waals surface area contributed by atoms with Crippen molar-refractivity contribution in [3.05, 3.63) is 76.6 Å². The fraction of sp³-hybridized carbons (Fsp3) is 0.0952. The Labute approximate surface area is 189 Å². The lowest BCUT2D eigenvalue weighted by atomic mass is 10.2. The van der Waals surface area contributed by atoms with Crippen LogP contribution in [0.4, 0.5) is 0 Å². The minimum Gasteiger partial charge on any atom is -0.483 e. The minimum absolute atomic E-state index is 0.284. The van der Waals surface area contributed by atoms with E-state index in [0.717, 1.165) is 16.8 Å². The van der Waals surface area contributed by atoms with Crippen LogP contribution in [0.5, 0.6) is 5.75 Å². The number of aromatic amines is 1. The van der Waals surface area contributed by atoms with Crippen LogP contribution in [0.1, 0.15) is 11.1 Å². The zero-order chi connectivity index (χ0) is 21.4. The normalized spacial score (nSPS) is 11.1. The van der Waals surface area contributed by atoms with Gasteiger partial charge >= 0.3 is 5.69 Å². The van der Waals surface area contributed by atoms with Crippen molar-refractivity contribution >= 4 is 44.8 Å². The number of hydrogen-bond acceptors (Lipinski definition) is 6. The molecule has 9 nitrogen and oxygen atoms in total. The first-order chi connectivity index (χ1) is 15.2. The van der Waals surface area contributed by atoms with Gasteiger partial charge in [0.25, 0.3) is 0 Å². The SMILES string of the molecule is N#Cc1ccc2ncn(-c3ncc4[nH]c(=O)n(Cc5ccccc5OCI)c4n3)c2c1. The van der Waals surface area contributed by atoms with Crippen molar-refractivity contribution in [1.29, 1.82) is 5.26 Å². The molecule has 0 aliphatic heterocycles. The predicted octanol–water partition coefficient (Wildman–Crippen LogP) is 3.15. The zero-order valence-corrected chi connectivity index (χ0v) is 18.1. The monoisotopic (exact) mass is 523 g/mol. The number of nitrogens with one attached hydrogen (secondary N) is 1. The number of ether oxygens (including phenoxy) is 1. The fourth-order valence-corrected chi connectivity index (χ4v) is 3.78. The molecule has 0 bridgehead atoms. The van der Waals surface area contributed by atoms with E-state index in [0.29, 0.717) is 39.4 Å². The summed E-state index contributed by atoms with van der Waals surface area (Å²) < 4.78 is 9.43. The van der Waals surface area contributed by atoms with Crippen LogP contribution >= 0.6 is 22.6 Å². The molecular formula is C21H14IN7O2. The van der Waals surface area contributed by atoms with Crippen LogP contribution in [0, 0.1) is 11.3 Å². The summed E-state index contributed by atoms with van der Waals surface area (Å²) in [5.74, 6) is 1.08. The molecule has 0 unspecified atom stereocenters. The zero-order valence-electron chi connectivity index (χ0n) is 16.0. The van der Waals surface area contributed by atoms with Crippen molar-refractivity contribution < 1.29 is 4.74 Å². The van der Waals surface area contributed by atoms with Gasteiger partial charge in [-0.25, -0.2) is 14.8 Å². The van der Waals surface area contributed by atoms with E-state index < -0.39 is 0 Å². The smallest absolute Gasteiger partial charge is 0.328 e. The highest BCUT2D eigenvalue weighted by atomic mass is 127. The molecule has 5 aromatic rings. The number of nitriles is 1. The predicted molar refractivity (Wildman–Crippen MR) is 123 cm³/mol. The van der Waals surface area contributed by atoms with Gasteiger partial charge in [-0.15, -0.1) is 0 Å². The lowest BCUT2D eigenvalue weighted by Gasteiger charge is -2.10. The molecule has 0 aliphatic rings. The lowest BCUT2D eigenvalue weighted by Crippen LogP contribution is -2.18. The lowest BCUT2D eigenvalue weighted by molar-refractivity contribution is 0.398. The Morgan fingerprint density at radius 1 is 1.19 bits per heavy atom. The van der Waals surface area contributed by atoms with Gasteiger partial charge in [0.1, 0.15) is 22.2 Å². The standard InChI is InChI=1S/C21H14IN7O2/c22-11-31-18-4-2-1-3-14(18)10-28-19-16(26-21(28)30)9-24-20(27-19)29-12-25-15-6-5-13(8-23)7-17(15)29/h1-7,9,12H,10-11H2,(H,26,30). The van der Waals surface area contributed by atoms with Gasteiger partial charge in [0, 0.05) is 5.56 Å². The van der Waals surface area contributed by atoms with Crippen molar-refractivity contribution in [3.8, 4) is 17.8 Å². The Hall–Kier alpha value is -3.72. The molecule has 3 heterocycles. The number of rotatable bonds is 5. The molecule has 0 spiro atoms. The summed E-state index contributed by atoms with van der Waals surface area (Å²) in [5.41, 5.74) is 3.53. The first-order valence-corrected chi connectivity index (χ1v) is 10.8. The maximum atomic E-state index is 12.6. The van der Waals surface area contributed by atoms with Gasteiger partial charge in [0.05, 0.1) is 35.4 Å². The van der Waals surface area contributed by atoms with Crippen LogP contribution in [0.25, 0.3) is 28.1 Å². The third-order valence-corrected chi connectivity index (χ3v) is 5.21. The Morgan fingerprint density at radius 2 is 2.06 bits per heavy atom. The molecule has 1 N–H and O–H groups in total. The van der Waals surface area contributed by atoms with Crippen molar-refractivity contribution in [2.75, 3.05) is 4.61 Å². The molecular weight excluding hydrogens is 509 g/mol. The van der Waals surface area contributed by atoms with E-state index in [1.54, 1.807) is 39.9 Å². The van der Waals surface area contributed by atoms with Crippen molar-refractivity contribution in [2.24, 2.45) is 0 Å². The quantitative estimate of drug-likeness (QED) is 0.280. The average Bonchev–Trinajstić information content (AvgIpc) is 3.35. The maximum Gasteiger partial charge on any atom is 0.328 e. The average molecular weight is 523 g/mol. The summed E-state index contributed by atoms with van der Waals surface area (Å²) in [6.07, 6.45) is 3.18. The number of nitrogens with zero attached hydrogens (tertiary/aromatic N) is 6. The molecule has 0 amide bonds. The molecule has 0 fully saturated rings. The number of aromatic nitrogens is 6. The molecule has 5 rings (SSSR count). The van der Waals surface area contributed by atoms with E-state index in [-0.39, 0.29) is 5.69 Å². The van der Waals surface area contributed by atoms with Crippen LogP contribution in [0.15, 0.2) is 59.8 Å². The van der Waals surface area contributed by atoms with Crippen LogP contribution in [-0.2, 0) is 6.54 Å². The summed E-state index contributed by atoms with van der Waals surface area (Å²) >= 11 is 2.13. The molecule has 2 aromatic carbocycles. The van der Waals surface area contributed by atoms with Crippen LogP contribution < -0.4 is 10.4 Å². The molecule has 10 heteroatoms. The van der Waals surface area contributed by atoms with Gasteiger partial charge in [-0.2, -0.15) is 10.2 Å². The molecule has 152 valence electrons. The van der Waals surface area contributed by atoms with Crippen molar-refractivity contribution in [3.63, 3.8) is 0 Å². The Kier molecular flexibility index (Phi) is 4.87. The fourth-order valence-electron chi connectivity index (χ4n) is 3.44. The largest absolute Gasteiger partial charge is 0.483 e. The number of alkyl halides is 1. The second-order valence-electron chi connectivity index (χ2n) is 6.71. The number of fused-ring (bicyclic) bond motifs is 2. The second-order valence-corrected chi connectivity index (χ2v) is 7.34. The molecule has 0 saturated carbocycles. The van der Waals surface area contributed by atoms with Gasteiger partial charge in [0.15, 0.2) is 5.65 Å². The molecule has 31 heavy (non-hydrogen) atoms. The molecule has 0 saturated heterocycles. The summed E-state index contributed by atoms with van der Waals surface area (Å²) in [6, 6.07) is 14.9. The number of halogens is 1. The highest BCUT2D eigenvalue weighted by molar-refractivity contribution is 14.1. The summed E-state index contributed by atoms with van der Waals surface area (Å²) in [6.45, 7) is 0.297. The summed E-state index contributed by atoms with van der Waals surface area (Å²) in [5, 5.41) is 9.21. The third kappa shape index (κ3) is 3.42. The number of benzene rings is 2. The van der Waals surface area contributed by atoms with Gasteiger partial charge in [-0.3, -0.25) is 9.13 Å². The first kappa shape index (κ1) is 19.3. The van der Waals surface area contributed by atoms with Gasteiger partial charge in [-0.05, 0) is 46.9 Å². The third-order valence-electron chi connectivity index (χ3n) is 4.90. The van der Waals surface area contributed by atoms with Crippen LogP contribution in [-0.4, -0.2) is 33.7 Å². The van der Waals surface area contributed by atoms with Crippen LogP contribution in [0.3, 0.4) is 0 Å². The van der Waals surface area contributed by atoms with E-state index >= 15 is 0 Å². The summed E-state index contributed by atoms with van der Waals surface area (Å²) in [7, 11) is 0. The van der Waals surface area contributed by atoms with Gasteiger partial charge in [0.2, 0.25) is 5.95 Å². The maximum absolute atomic E-state index is 12.6. The number of H-pyrrole nitrogens is 1. The molecule has 0 aliphatic carbocycles. The van der Waals surface area contributed by atoms with E-state index in [9.17, 15) is 10.1 Å². The van der Waals surface area contributed by atoms with E-state index in [1.165, 1.54) is 0 Å². The first-order valence-electron chi connectivity index (χ1n) is 9.28. The number of imidazole rings is 2. The second kappa shape index (κ2) is 7.84. The summed E-state index contributed by atoms with van der Waals surface area (Å²) in [4.78, 5) is 28.8. The van der Waals surface area contributed by atoms with E-state index in [2.05, 4.69) is 48.6 Å². The molecule has 0 radical (unpaired) electrons. The van der Waals surface area contributed by atoms with Crippen molar-refractivity contribution in [2.45, 2.75) is 6.54 Å². The minimum atomic E-state index is -0.284. The molecule has 3 aromatic heterocycles. The van der Waals surface area contributed by atoms with E-state index in [4.69, 9.17) is 4.74 Å². The number of hydrogen-bond donors (Lipinski definition) is 1. The number of para-hydroxylation sites is 1. The van der Waals surface area contributed by atoms with Gasteiger partial charge in [-0.1, -0.05) is 18.2 Å². The molecule has 0 atom stereocenters. The highest BCUT2D eigenvalue weighted by Gasteiger charge is 2.15. The van der Waals surface area contributed by atoms with Gasteiger partial charge < -0.3 is 9.72 Å². The Bertz CT molecular complexity index is 1530. The Morgan fingerprint density at radius 3 is 2.90 bits per heavy atom. The van der Waals surface area contributed by atoms with Crippen molar-refractivity contribution in [1.82, 2.24) is 29.1 Å². The van der Waals surface area contributed by atoms with Crippen LogP contribution in [0.2, 0.25) is 0 Å². The topological polar surface area (TPSA) is 114 Å². The highest BCUT2D eigenvalue weighted by Crippen LogP contribution is 2.22. The van der Waals surface area contributed by atoms with E-state index in [1.807, 2.05) is 24.3 Å².